The molecule has 2 heterocycles. The Labute approximate surface area is 120 Å². The summed E-state index contributed by atoms with van der Waals surface area (Å²) in [5.41, 5.74) is 8.16. The normalized spacial score (nSPS) is 11.3. The Hall–Kier alpha value is -2.50. The lowest BCUT2D eigenvalue weighted by atomic mass is 10.2. The fraction of sp³-hybridized carbons (Fsp3) is 0.200. The average molecular weight is 288 g/mol. The molecule has 6 heteroatoms. The fourth-order valence-electron chi connectivity index (χ4n) is 2.56. The minimum atomic E-state index is -0.522. The molecule has 0 spiro atoms. The number of aromatic nitrogens is 3. The van der Waals surface area contributed by atoms with Crippen LogP contribution in [0.2, 0.25) is 0 Å². The van der Waals surface area contributed by atoms with Gasteiger partial charge in [0.1, 0.15) is 23.3 Å². The van der Waals surface area contributed by atoms with Gasteiger partial charge < -0.3 is 5.73 Å². The number of hydrogen-bond acceptors (Lipinski definition) is 3. The topological polar surface area (TPSA) is 56.7 Å². The monoisotopic (exact) mass is 288 g/mol. The molecule has 0 saturated carbocycles. The maximum atomic E-state index is 14.1. The molecule has 0 fully saturated rings. The number of rotatable bonds is 1. The van der Waals surface area contributed by atoms with E-state index in [2.05, 4.69) is 9.97 Å². The molecule has 108 valence electrons. The van der Waals surface area contributed by atoms with E-state index in [1.165, 1.54) is 0 Å². The van der Waals surface area contributed by atoms with Crippen LogP contribution in [0.15, 0.2) is 18.2 Å². The zero-order valence-electron chi connectivity index (χ0n) is 11.9. The first-order chi connectivity index (χ1) is 9.90. The van der Waals surface area contributed by atoms with Crippen molar-refractivity contribution >= 4 is 16.9 Å². The highest BCUT2D eigenvalue weighted by Gasteiger charge is 2.19. The number of halogens is 2. The van der Waals surface area contributed by atoms with Crippen LogP contribution in [-0.2, 0) is 0 Å². The highest BCUT2D eigenvalue weighted by molar-refractivity contribution is 5.92. The summed E-state index contributed by atoms with van der Waals surface area (Å²) in [6.45, 7) is 5.39. The molecule has 1 aromatic carbocycles. The molecule has 0 unspecified atom stereocenters. The number of aryl methyl sites for hydroxylation is 2. The number of nitrogen functional groups attached to an aromatic ring is 1. The third-order valence-corrected chi connectivity index (χ3v) is 3.64. The summed E-state index contributed by atoms with van der Waals surface area (Å²) in [7, 11) is 0. The smallest absolute Gasteiger partial charge is 0.150 e. The van der Waals surface area contributed by atoms with Crippen LogP contribution < -0.4 is 5.73 Å². The Morgan fingerprint density at radius 3 is 2.52 bits per heavy atom. The van der Waals surface area contributed by atoms with E-state index in [-0.39, 0.29) is 5.69 Å². The van der Waals surface area contributed by atoms with Gasteiger partial charge in [-0.1, -0.05) is 0 Å². The largest absolute Gasteiger partial charge is 0.383 e. The summed E-state index contributed by atoms with van der Waals surface area (Å²) in [6.07, 6.45) is 0. The average Bonchev–Trinajstić information content (AvgIpc) is 2.65. The zero-order valence-corrected chi connectivity index (χ0v) is 11.9. The Kier molecular flexibility index (Phi) is 2.90. The van der Waals surface area contributed by atoms with Gasteiger partial charge in [-0.15, -0.1) is 0 Å². The van der Waals surface area contributed by atoms with Gasteiger partial charge in [0.2, 0.25) is 0 Å². The molecule has 3 rings (SSSR count). The van der Waals surface area contributed by atoms with Crippen molar-refractivity contribution in [3.63, 3.8) is 0 Å². The second kappa shape index (κ2) is 4.51. The molecule has 0 bridgehead atoms. The van der Waals surface area contributed by atoms with Crippen LogP contribution in [-0.4, -0.2) is 14.5 Å². The van der Waals surface area contributed by atoms with Crippen molar-refractivity contribution in [2.75, 3.05) is 5.73 Å². The first kappa shape index (κ1) is 13.5. The lowest BCUT2D eigenvalue weighted by Crippen LogP contribution is -2.04. The summed E-state index contributed by atoms with van der Waals surface area (Å²) in [5.74, 6) is -0.209. The van der Waals surface area contributed by atoms with Gasteiger partial charge in [-0.3, -0.25) is 4.57 Å². The molecule has 0 atom stereocenters. The highest BCUT2D eigenvalue weighted by Crippen LogP contribution is 2.31. The van der Waals surface area contributed by atoms with Gasteiger partial charge in [-0.05, 0) is 38.5 Å². The van der Waals surface area contributed by atoms with Gasteiger partial charge in [0.25, 0.3) is 0 Å². The second-order valence-corrected chi connectivity index (χ2v) is 5.00. The van der Waals surface area contributed by atoms with E-state index in [0.29, 0.717) is 22.7 Å². The van der Waals surface area contributed by atoms with Gasteiger partial charge in [-0.2, -0.15) is 0 Å². The van der Waals surface area contributed by atoms with Crippen LogP contribution in [0.25, 0.3) is 16.7 Å². The molecular weight excluding hydrogens is 274 g/mol. The minimum absolute atomic E-state index is 0.114. The van der Waals surface area contributed by atoms with Crippen molar-refractivity contribution in [3.8, 4) is 5.69 Å². The highest BCUT2D eigenvalue weighted by atomic mass is 19.1. The molecule has 3 aromatic rings. The van der Waals surface area contributed by atoms with E-state index in [9.17, 15) is 8.78 Å². The van der Waals surface area contributed by atoms with E-state index in [4.69, 9.17) is 5.73 Å². The van der Waals surface area contributed by atoms with Crippen molar-refractivity contribution in [2.24, 2.45) is 0 Å². The van der Waals surface area contributed by atoms with E-state index >= 15 is 0 Å². The predicted octanol–water partition coefficient (Wildman–Crippen LogP) is 3.21. The van der Waals surface area contributed by atoms with Crippen molar-refractivity contribution in [1.82, 2.24) is 14.5 Å². The Bertz CT molecular complexity index is 868. The summed E-state index contributed by atoms with van der Waals surface area (Å²) >= 11 is 0. The van der Waals surface area contributed by atoms with Crippen molar-refractivity contribution in [3.05, 3.63) is 46.9 Å². The van der Waals surface area contributed by atoms with E-state index < -0.39 is 11.6 Å². The number of benzene rings is 1. The van der Waals surface area contributed by atoms with Crippen LogP contribution in [0.5, 0.6) is 0 Å². The molecule has 0 saturated heterocycles. The van der Waals surface area contributed by atoms with Gasteiger partial charge in [-0.25, -0.2) is 18.7 Å². The summed E-state index contributed by atoms with van der Waals surface area (Å²) in [4.78, 5) is 8.48. The molecular formula is C15H14F2N4. The molecule has 0 aliphatic carbocycles. The fourth-order valence-corrected chi connectivity index (χ4v) is 2.56. The molecule has 2 N–H and O–H groups in total. The number of nitrogens with zero attached hydrogens (tertiary/aromatic N) is 3. The van der Waals surface area contributed by atoms with Crippen molar-refractivity contribution in [1.29, 1.82) is 0 Å². The second-order valence-electron chi connectivity index (χ2n) is 5.00. The molecule has 4 nitrogen and oxygen atoms in total. The number of anilines is 1. The van der Waals surface area contributed by atoms with Crippen molar-refractivity contribution in [2.45, 2.75) is 20.8 Å². The number of fused-ring (bicyclic) bond motifs is 1. The standard InChI is InChI=1S/C15H14F2N4/c1-7-8(2)21(12-6-10(16)4-5-11(12)17)15-13(7)14(18)19-9(3)20-15/h4-6H,1-3H3,(H2,18,19,20). The first-order valence-electron chi connectivity index (χ1n) is 6.47. The zero-order chi connectivity index (χ0) is 15.3. The lowest BCUT2D eigenvalue weighted by molar-refractivity contribution is 0.592. The van der Waals surface area contributed by atoms with E-state index in [0.717, 1.165) is 29.5 Å². The van der Waals surface area contributed by atoms with Crippen LogP contribution >= 0.6 is 0 Å². The predicted molar refractivity (Wildman–Crippen MR) is 77.4 cm³/mol. The van der Waals surface area contributed by atoms with Crippen LogP contribution in [0, 0.1) is 32.4 Å². The van der Waals surface area contributed by atoms with Gasteiger partial charge in [0.15, 0.2) is 5.65 Å². The lowest BCUT2D eigenvalue weighted by Gasteiger charge is -2.09. The molecule has 0 aliphatic rings. The molecule has 0 amide bonds. The Morgan fingerprint density at radius 2 is 1.81 bits per heavy atom. The molecule has 21 heavy (non-hydrogen) atoms. The Morgan fingerprint density at radius 1 is 1.10 bits per heavy atom. The van der Waals surface area contributed by atoms with Crippen LogP contribution in [0.1, 0.15) is 17.1 Å². The third-order valence-electron chi connectivity index (χ3n) is 3.64. The van der Waals surface area contributed by atoms with Crippen LogP contribution in [0.4, 0.5) is 14.6 Å². The summed E-state index contributed by atoms with van der Waals surface area (Å²) in [5, 5.41) is 0.668. The van der Waals surface area contributed by atoms with Gasteiger partial charge >= 0.3 is 0 Å². The molecule has 2 aromatic heterocycles. The minimum Gasteiger partial charge on any atom is -0.383 e. The van der Waals surface area contributed by atoms with E-state index in [1.807, 2.05) is 13.8 Å². The third kappa shape index (κ3) is 1.94. The quantitative estimate of drug-likeness (QED) is 0.748. The van der Waals surface area contributed by atoms with Crippen molar-refractivity contribution < 1.29 is 8.78 Å². The maximum Gasteiger partial charge on any atom is 0.150 e. The van der Waals surface area contributed by atoms with Crippen LogP contribution in [0.3, 0.4) is 0 Å². The van der Waals surface area contributed by atoms with Gasteiger partial charge in [0, 0.05) is 11.8 Å². The summed E-state index contributed by atoms with van der Waals surface area (Å²) in [6, 6.07) is 3.33. The maximum absolute atomic E-state index is 14.1. The number of hydrogen-bond donors (Lipinski definition) is 1. The Balaban J connectivity index is 2.48. The SMILES string of the molecule is Cc1nc(N)c2c(C)c(C)n(-c3cc(F)ccc3F)c2n1. The first-order valence-corrected chi connectivity index (χ1v) is 6.47. The molecule has 0 aliphatic heterocycles. The van der Waals surface area contributed by atoms with E-state index in [1.54, 1.807) is 11.5 Å². The number of nitrogens with two attached hydrogens (primary N) is 1. The van der Waals surface area contributed by atoms with Gasteiger partial charge in [0.05, 0.1) is 11.1 Å². The summed E-state index contributed by atoms with van der Waals surface area (Å²) < 4.78 is 29.2. The molecule has 0 radical (unpaired) electrons.